The van der Waals surface area contributed by atoms with Crippen molar-refractivity contribution in [3.8, 4) is 5.75 Å². The Morgan fingerprint density at radius 3 is 2.90 bits per heavy atom. The first kappa shape index (κ1) is 18.2. The van der Waals surface area contributed by atoms with Crippen LogP contribution in [0.2, 0.25) is 0 Å². The number of likely N-dealkylation sites (tertiary alicyclic amines) is 1. The van der Waals surface area contributed by atoms with Crippen molar-refractivity contribution < 1.29 is 14.1 Å². The van der Waals surface area contributed by atoms with Crippen molar-refractivity contribution in [3.05, 3.63) is 53.7 Å². The summed E-state index contributed by atoms with van der Waals surface area (Å²) in [5.41, 5.74) is 4.05. The fourth-order valence-electron chi connectivity index (χ4n) is 4.36. The zero-order valence-electron chi connectivity index (χ0n) is 16.4. The molecule has 0 spiro atoms. The Kier molecular flexibility index (Phi) is 4.94. The average Bonchev–Trinajstić information content (AvgIpc) is 3.18. The van der Waals surface area contributed by atoms with Crippen LogP contribution in [0.15, 0.2) is 47.0 Å². The van der Waals surface area contributed by atoms with Crippen LogP contribution < -0.4 is 10.1 Å². The Bertz CT molecular complexity index is 1020. The van der Waals surface area contributed by atoms with Gasteiger partial charge in [-0.2, -0.15) is 0 Å². The van der Waals surface area contributed by atoms with Crippen LogP contribution in [0, 0.1) is 0 Å². The van der Waals surface area contributed by atoms with Crippen molar-refractivity contribution in [2.75, 3.05) is 31.6 Å². The summed E-state index contributed by atoms with van der Waals surface area (Å²) >= 11 is 0. The lowest BCUT2D eigenvalue weighted by Crippen LogP contribution is -2.36. The Hall–Kier alpha value is -2.86. The minimum Gasteiger partial charge on any atom is -0.492 e. The highest BCUT2D eigenvalue weighted by molar-refractivity contribution is 5.94. The molecule has 1 aromatic heterocycles. The molecule has 150 valence electrons. The van der Waals surface area contributed by atoms with Crippen LogP contribution >= 0.6 is 0 Å². The number of aromatic nitrogens is 1. The van der Waals surface area contributed by atoms with Crippen molar-refractivity contribution in [1.29, 1.82) is 0 Å². The molecule has 0 saturated carbocycles. The Labute approximate surface area is 169 Å². The molecule has 3 aromatic rings. The van der Waals surface area contributed by atoms with Crippen LogP contribution in [-0.4, -0.2) is 42.2 Å². The van der Waals surface area contributed by atoms with Crippen molar-refractivity contribution in [3.63, 3.8) is 0 Å². The SMILES string of the molecule is O=C1CCc2ccc(OCCN3CCC(c4noc5ccccc45)CC3)cc2N1. The fourth-order valence-corrected chi connectivity index (χ4v) is 4.36. The van der Waals surface area contributed by atoms with Crippen LogP contribution in [0.5, 0.6) is 5.75 Å². The number of nitrogens with one attached hydrogen (secondary N) is 1. The van der Waals surface area contributed by atoms with E-state index in [0.29, 0.717) is 18.9 Å². The molecule has 6 nitrogen and oxygen atoms in total. The number of piperidine rings is 1. The summed E-state index contributed by atoms with van der Waals surface area (Å²) in [7, 11) is 0. The van der Waals surface area contributed by atoms with Crippen molar-refractivity contribution in [2.24, 2.45) is 0 Å². The molecular formula is C23H25N3O3. The van der Waals surface area contributed by atoms with Crippen LogP contribution in [0.25, 0.3) is 11.0 Å². The number of carbonyl (C=O) groups excluding carboxylic acids is 1. The number of carbonyl (C=O) groups is 1. The van der Waals surface area contributed by atoms with Gasteiger partial charge in [0.15, 0.2) is 5.58 Å². The standard InChI is InChI=1S/C23H25N3O3/c27-22-8-6-16-5-7-18(15-20(16)24-22)28-14-13-26-11-9-17(10-12-26)23-19-3-1-2-4-21(19)29-25-23/h1-5,7,15,17H,6,8-14H2,(H,24,27). The Morgan fingerprint density at radius 2 is 2.00 bits per heavy atom. The minimum absolute atomic E-state index is 0.0809. The fraction of sp³-hybridized carbons (Fsp3) is 0.391. The molecule has 5 rings (SSSR count). The average molecular weight is 391 g/mol. The molecule has 0 aliphatic carbocycles. The maximum Gasteiger partial charge on any atom is 0.224 e. The zero-order valence-corrected chi connectivity index (χ0v) is 16.4. The van der Waals surface area contributed by atoms with Gasteiger partial charge in [0.05, 0.1) is 5.69 Å². The van der Waals surface area contributed by atoms with Crippen LogP contribution in [-0.2, 0) is 11.2 Å². The number of para-hydroxylation sites is 1. The lowest BCUT2D eigenvalue weighted by atomic mass is 9.91. The molecule has 1 saturated heterocycles. The largest absolute Gasteiger partial charge is 0.492 e. The highest BCUT2D eigenvalue weighted by atomic mass is 16.5. The topological polar surface area (TPSA) is 67.6 Å². The van der Waals surface area contributed by atoms with E-state index in [4.69, 9.17) is 9.26 Å². The quantitative estimate of drug-likeness (QED) is 0.713. The first-order valence-corrected chi connectivity index (χ1v) is 10.4. The number of aryl methyl sites for hydroxylation is 1. The van der Waals surface area contributed by atoms with Gasteiger partial charge in [-0.15, -0.1) is 0 Å². The molecule has 0 unspecified atom stereocenters. The van der Waals surface area contributed by atoms with Crippen LogP contribution in [0.3, 0.4) is 0 Å². The summed E-state index contributed by atoms with van der Waals surface area (Å²) < 4.78 is 11.4. The van der Waals surface area contributed by atoms with Gasteiger partial charge in [-0.05, 0) is 56.1 Å². The predicted octanol–water partition coefficient (Wildman–Crippen LogP) is 3.97. The number of rotatable bonds is 5. The van der Waals surface area contributed by atoms with Gasteiger partial charge in [-0.3, -0.25) is 9.69 Å². The number of anilines is 1. The molecule has 0 radical (unpaired) electrons. The minimum atomic E-state index is 0.0809. The predicted molar refractivity (Wildman–Crippen MR) is 111 cm³/mol. The van der Waals surface area contributed by atoms with Crippen LogP contribution in [0.1, 0.15) is 36.4 Å². The molecule has 6 heteroatoms. The molecular weight excluding hydrogens is 366 g/mol. The van der Waals surface area contributed by atoms with Gasteiger partial charge in [0.25, 0.3) is 0 Å². The van der Waals surface area contributed by atoms with Gasteiger partial charge >= 0.3 is 0 Å². The molecule has 0 atom stereocenters. The summed E-state index contributed by atoms with van der Waals surface area (Å²) in [6.07, 6.45) is 3.54. The number of ether oxygens (including phenoxy) is 1. The second kappa shape index (κ2) is 7.87. The molecule has 2 aliphatic heterocycles. The van der Waals surface area contributed by atoms with Gasteiger partial charge in [0.1, 0.15) is 12.4 Å². The van der Waals surface area contributed by atoms with E-state index in [1.807, 2.05) is 30.3 Å². The lowest BCUT2D eigenvalue weighted by Gasteiger charge is -2.31. The van der Waals surface area contributed by atoms with Gasteiger partial charge < -0.3 is 14.6 Å². The number of nitrogens with zero attached hydrogens (tertiary/aromatic N) is 2. The van der Waals surface area contributed by atoms with Gasteiger partial charge in [0, 0.05) is 36.0 Å². The van der Waals surface area contributed by atoms with E-state index in [2.05, 4.69) is 27.5 Å². The number of hydrogen-bond donors (Lipinski definition) is 1. The van der Waals surface area contributed by atoms with Gasteiger partial charge in [-0.25, -0.2) is 0 Å². The molecule has 2 aliphatic rings. The Balaban J connectivity index is 1.12. The molecule has 1 fully saturated rings. The lowest BCUT2D eigenvalue weighted by molar-refractivity contribution is -0.116. The van der Waals surface area contributed by atoms with E-state index in [0.717, 1.165) is 67.0 Å². The molecule has 1 N–H and O–H groups in total. The monoisotopic (exact) mass is 391 g/mol. The first-order chi connectivity index (χ1) is 14.3. The second-order valence-corrected chi connectivity index (χ2v) is 7.90. The molecule has 1 amide bonds. The first-order valence-electron chi connectivity index (χ1n) is 10.4. The number of fused-ring (bicyclic) bond motifs is 2. The maximum atomic E-state index is 11.6. The van der Waals surface area contributed by atoms with Crippen LogP contribution in [0.4, 0.5) is 5.69 Å². The molecule has 0 bridgehead atoms. The summed E-state index contributed by atoms with van der Waals surface area (Å²) in [5, 5.41) is 8.41. The smallest absolute Gasteiger partial charge is 0.224 e. The van der Waals surface area contributed by atoms with E-state index in [9.17, 15) is 4.79 Å². The van der Waals surface area contributed by atoms with Crippen molar-refractivity contribution >= 4 is 22.6 Å². The summed E-state index contributed by atoms with van der Waals surface area (Å²) in [6.45, 7) is 3.62. The van der Waals surface area contributed by atoms with Gasteiger partial charge in [0.2, 0.25) is 5.91 Å². The molecule has 3 heterocycles. The third-order valence-electron chi connectivity index (χ3n) is 6.03. The van der Waals surface area contributed by atoms with Gasteiger partial charge in [-0.1, -0.05) is 23.4 Å². The molecule has 29 heavy (non-hydrogen) atoms. The summed E-state index contributed by atoms with van der Waals surface area (Å²) in [6, 6.07) is 14.1. The highest BCUT2D eigenvalue weighted by Crippen LogP contribution is 2.32. The van der Waals surface area contributed by atoms with Crippen molar-refractivity contribution in [2.45, 2.75) is 31.6 Å². The van der Waals surface area contributed by atoms with E-state index in [1.54, 1.807) is 0 Å². The highest BCUT2D eigenvalue weighted by Gasteiger charge is 2.24. The third kappa shape index (κ3) is 3.85. The van der Waals surface area contributed by atoms with E-state index >= 15 is 0 Å². The van der Waals surface area contributed by atoms with E-state index < -0.39 is 0 Å². The number of benzene rings is 2. The second-order valence-electron chi connectivity index (χ2n) is 7.90. The van der Waals surface area contributed by atoms with Crippen molar-refractivity contribution in [1.82, 2.24) is 10.1 Å². The number of hydrogen-bond acceptors (Lipinski definition) is 5. The summed E-state index contributed by atoms with van der Waals surface area (Å²) in [4.78, 5) is 14.0. The number of amides is 1. The maximum absolute atomic E-state index is 11.6. The summed E-state index contributed by atoms with van der Waals surface area (Å²) in [5.74, 6) is 1.35. The van der Waals surface area contributed by atoms with E-state index in [-0.39, 0.29) is 5.91 Å². The third-order valence-corrected chi connectivity index (χ3v) is 6.03. The Morgan fingerprint density at radius 1 is 1.14 bits per heavy atom. The molecule has 2 aromatic carbocycles. The zero-order chi connectivity index (χ0) is 19.6. The van der Waals surface area contributed by atoms with E-state index in [1.165, 1.54) is 5.56 Å². The normalized spacial score (nSPS) is 17.9.